The Kier molecular flexibility index (Phi) is 8.82. The fraction of sp³-hybridized carbons (Fsp3) is 0.750. The van der Waals surface area contributed by atoms with Crippen LogP contribution in [-0.4, -0.2) is 128 Å². The van der Waals surface area contributed by atoms with Crippen molar-refractivity contribution in [1.29, 1.82) is 0 Å². The molecule has 5 rings (SSSR count). The molecular weight excluding hydrogens is 644 g/mol. The second-order valence-corrected chi connectivity index (χ2v) is 14.8. The van der Waals surface area contributed by atoms with Gasteiger partial charge in [-0.3, -0.25) is 9.09 Å². The van der Waals surface area contributed by atoms with Crippen LogP contribution < -0.4 is 5.73 Å². The molecule has 43 heavy (non-hydrogen) atoms. The Labute approximate surface area is 247 Å². The molecule has 20 nitrogen and oxygen atoms in total. The predicted molar refractivity (Wildman–Crippen MR) is 141 cm³/mol. The van der Waals surface area contributed by atoms with E-state index >= 15 is 0 Å². The summed E-state index contributed by atoms with van der Waals surface area (Å²) in [6.07, 6.45) is -8.30. The molecule has 8 unspecified atom stereocenters. The molecular formula is C20H31N5O15P2S. The summed E-state index contributed by atoms with van der Waals surface area (Å²) in [6, 6.07) is 0. The predicted octanol–water partition coefficient (Wildman–Crippen LogP) is -3.20. The summed E-state index contributed by atoms with van der Waals surface area (Å²) >= 11 is 4.83. The van der Waals surface area contributed by atoms with Crippen molar-refractivity contribution in [2.75, 3.05) is 26.1 Å². The first-order valence-corrected chi connectivity index (χ1v) is 16.6. The zero-order valence-corrected chi connectivity index (χ0v) is 25.0. The highest BCUT2D eigenvalue weighted by molar-refractivity contribution is 8.08. The van der Waals surface area contributed by atoms with Gasteiger partial charge in [0, 0.05) is 7.11 Å². The number of nitrogen functional groups attached to an aromatic ring is 1. The minimum absolute atomic E-state index is 0.105. The lowest BCUT2D eigenvalue weighted by Gasteiger charge is -2.49. The van der Waals surface area contributed by atoms with E-state index in [4.69, 9.17) is 40.8 Å². The van der Waals surface area contributed by atoms with Crippen LogP contribution >= 0.6 is 14.5 Å². The van der Waals surface area contributed by atoms with Crippen molar-refractivity contribution < 1.29 is 72.6 Å². The van der Waals surface area contributed by atoms with Gasteiger partial charge in [-0.25, -0.2) is 23.8 Å². The van der Waals surface area contributed by atoms with Crippen LogP contribution in [0.2, 0.25) is 0 Å². The van der Waals surface area contributed by atoms with Crippen LogP contribution in [0.15, 0.2) is 12.7 Å². The highest BCUT2D eigenvalue weighted by Crippen LogP contribution is 2.65. The summed E-state index contributed by atoms with van der Waals surface area (Å²) in [7, 11) is -4.02. The SMILES string of the molecule is CO[C@]1(C)[C@H](O)[C@@H](COP(O)(=S)OP(=O)(O)OC2OC3(O)C2C(O)C(O)C3[C@@H](O)CO)O[C@H]1n1cnc2c(N)ncnc21. The molecule has 242 valence electrons. The first-order valence-electron chi connectivity index (χ1n) is 12.6. The molecule has 2 saturated heterocycles. The molecule has 0 bridgehead atoms. The number of anilines is 1. The summed E-state index contributed by atoms with van der Waals surface area (Å²) in [5, 5.41) is 61.2. The van der Waals surface area contributed by atoms with E-state index in [2.05, 4.69) is 19.3 Å². The maximum Gasteiger partial charge on any atom is 0.481 e. The van der Waals surface area contributed by atoms with E-state index in [9.17, 15) is 45.0 Å². The lowest BCUT2D eigenvalue weighted by molar-refractivity contribution is -0.427. The Hall–Kier alpha value is -1.33. The quantitative estimate of drug-likeness (QED) is 0.106. The lowest BCUT2D eigenvalue weighted by atomic mass is 9.86. The molecule has 2 aliphatic heterocycles. The molecule has 10 N–H and O–H groups in total. The molecule has 0 aromatic carbocycles. The second-order valence-electron chi connectivity index (χ2n) is 10.4. The number of phosphoric ester groups is 1. The van der Waals surface area contributed by atoms with Gasteiger partial charge in [0.15, 0.2) is 29.8 Å². The van der Waals surface area contributed by atoms with Gasteiger partial charge in [-0.1, -0.05) is 0 Å². The molecule has 3 fully saturated rings. The van der Waals surface area contributed by atoms with Gasteiger partial charge in [0.1, 0.15) is 29.7 Å². The van der Waals surface area contributed by atoms with Crippen LogP contribution in [0.3, 0.4) is 0 Å². The van der Waals surface area contributed by atoms with Crippen molar-refractivity contribution in [3.05, 3.63) is 12.7 Å². The number of nitrogens with two attached hydrogens (primary N) is 1. The Morgan fingerprint density at radius 3 is 2.58 bits per heavy atom. The average molecular weight is 676 g/mol. The summed E-state index contributed by atoms with van der Waals surface area (Å²) in [5.74, 6) is -5.44. The number of methoxy groups -OCH3 is 1. The highest BCUT2D eigenvalue weighted by atomic mass is 32.5. The van der Waals surface area contributed by atoms with E-state index in [-0.39, 0.29) is 17.0 Å². The molecule has 2 aromatic rings. The Morgan fingerprint density at radius 2 is 1.93 bits per heavy atom. The first kappa shape index (κ1) is 33.0. The molecule has 13 atom stereocenters. The van der Waals surface area contributed by atoms with Crippen molar-refractivity contribution in [2.45, 2.75) is 61.3 Å². The van der Waals surface area contributed by atoms with Gasteiger partial charge in [0.25, 0.3) is 0 Å². The van der Waals surface area contributed by atoms with Crippen LogP contribution in [0.4, 0.5) is 5.82 Å². The third-order valence-electron chi connectivity index (χ3n) is 7.90. The minimum Gasteiger partial charge on any atom is -0.394 e. The fourth-order valence-electron chi connectivity index (χ4n) is 5.64. The minimum atomic E-state index is -5.34. The molecule has 0 amide bonds. The Balaban J connectivity index is 1.23. The molecule has 1 saturated carbocycles. The van der Waals surface area contributed by atoms with Crippen molar-refractivity contribution in [3.63, 3.8) is 0 Å². The highest BCUT2D eigenvalue weighted by Gasteiger charge is 2.73. The maximum atomic E-state index is 12.7. The molecule has 23 heteroatoms. The van der Waals surface area contributed by atoms with Crippen LogP contribution in [0.1, 0.15) is 13.2 Å². The molecule has 0 spiro atoms. The number of aliphatic hydroxyl groups excluding tert-OH is 5. The van der Waals surface area contributed by atoms with Gasteiger partial charge >= 0.3 is 14.5 Å². The van der Waals surface area contributed by atoms with Crippen LogP contribution in [0, 0.1) is 11.8 Å². The average Bonchev–Trinajstić information content (AvgIpc) is 3.50. The van der Waals surface area contributed by atoms with E-state index < -0.39 is 94.0 Å². The number of rotatable bonds is 11. The van der Waals surface area contributed by atoms with Gasteiger partial charge in [-0.2, -0.15) is 0 Å². The number of phosphoric acid groups is 1. The fourth-order valence-corrected chi connectivity index (χ4v) is 8.74. The number of ether oxygens (including phenoxy) is 3. The monoisotopic (exact) mass is 675 g/mol. The lowest BCUT2D eigenvalue weighted by Crippen LogP contribution is -2.64. The van der Waals surface area contributed by atoms with E-state index in [0.717, 1.165) is 0 Å². The number of hydrogen-bond donors (Lipinski definition) is 9. The number of imidazole rings is 1. The van der Waals surface area contributed by atoms with E-state index in [1.54, 1.807) is 0 Å². The first-order chi connectivity index (χ1) is 20.0. The number of aliphatic hydroxyl groups is 6. The van der Waals surface area contributed by atoms with Gasteiger partial charge in [-0.05, 0) is 18.7 Å². The zero-order valence-electron chi connectivity index (χ0n) is 22.4. The second kappa shape index (κ2) is 11.5. The van der Waals surface area contributed by atoms with Gasteiger partial charge < -0.3 is 64.9 Å². The zero-order chi connectivity index (χ0) is 31.7. The summed E-state index contributed by atoms with van der Waals surface area (Å²) in [4.78, 5) is 32.9. The van der Waals surface area contributed by atoms with E-state index in [1.807, 2.05) is 0 Å². The van der Waals surface area contributed by atoms with E-state index in [0.29, 0.717) is 0 Å². The van der Waals surface area contributed by atoms with Crippen molar-refractivity contribution in [3.8, 4) is 0 Å². The Morgan fingerprint density at radius 1 is 1.23 bits per heavy atom. The third kappa shape index (κ3) is 5.55. The van der Waals surface area contributed by atoms with Gasteiger partial charge in [0.2, 0.25) is 0 Å². The van der Waals surface area contributed by atoms with Gasteiger partial charge in [0.05, 0.1) is 49.7 Å². The summed E-state index contributed by atoms with van der Waals surface area (Å²) in [5.41, 5.74) is 4.96. The summed E-state index contributed by atoms with van der Waals surface area (Å²) < 4.78 is 45.3. The largest absolute Gasteiger partial charge is 0.481 e. The smallest absolute Gasteiger partial charge is 0.394 e. The van der Waals surface area contributed by atoms with Crippen LogP contribution in [0.5, 0.6) is 0 Å². The van der Waals surface area contributed by atoms with Crippen molar-refractivity contribution in [2.24, 2.45) is 11.8 Å². The third-order valence-corrected chi connectivity index (χ3v) is 11.4. The summed E-state index contributed by atoms with van der Waals surface area (Å²) in [6.45, 7) is -4.64. The normalized spacial score (nSPS) is 41.0. The molecule has 3 aliphatic rings. The van der Waals surface area contributed by atoms with Crippen molar-refractivity contribution in [1.82, 2.24) is 19.5 Å². The number of hydrogen-bond acceptors (Lipinski definition) is 18. The van der Waals surface area contributed by atoms with Crippen LogP contribution in [0.25, 0.3) is 11.2 Å². The number of fused-ring (bicyclic) bond motifs is 2. The number of aromatic nitrogens is 4. The van der Waals surface area contributed by atoms with Crippen molar-refractivity contribution >= 4 is 43.3 Å². The van der Waals surface area contributed by atoms with Gasteiger partial charge in [-0.15, -0.1) is 0 Å². The molecule has 2 aromatic heterocycles. The maximum absolute atomic E-state index is 12.7. The molecule has 4 heterocycles. The van der Waals surface area contributed by atoms with Crippen LogP contribution in [-0.2, 0) is 43.9 Å². The van der Waals surface area contributed by atoms with E-state index in [1.165, 1.54) is 31.3 Å². The standard InChI is InChI=1S/C20H31N5O15P2S/c1-19(35-2)14(30)8(37-18(19)25-6-24-11-15(21)22-5-23-16(11)25)4-36-42(34,43)40-41(32,33)39-17-10-13(29)12(28)9(7(27)3-26)20(10,31)38-17/h5-10,12-14,17-18,26-31H,3-4H2,1-2H3,(H,32,33)(H,34,43)(H2,21,22,23)/t7-,8+,9?,10?,12?,13?,14+,17?,18+,19+,20?,42?/m0/s1. The topological polar surface area (TPSA) is 304 Å². The Bertz CT molecular complexity index is 1460. The molecule has 1 aliphatic carbocycles. The molecule has 0 radical (unpaired) electrons. The number of nitrogens with zero attached hydrogens (tertiary/aromatic N) is 4.